The number of hydrogen-bond donors (Lipinski definition) is 1. The van der Waals surface area contributed by atoms with Crippen LogP contribution in [-0.4, -0.2) is 43.3 Å². The number of nitrogens with zero attached hydrogens (tertiary/aromatic N) is 1. The fourth-order valence-electron chi connectivity index (χ4n) is 3.20. The van der Waals surface area contributed by atoms with E-state index in [2.05, 4.69) is 44.8 Å². The van der Waals surface area contributed by atoms with Gasteiger partial charge in [-0.05, 0) is 37.5 Å². The van der Waals surface area contributed by atoms with E-state index in [0.717, 1.165) is 25.9 Å². The van der Waals surface area contributed by atoms with Crippen LogP contribution >= 0.6 is 0 Å². The molecule has 3 atom stereocenters. The highest BCUT2D eigenvalue weighted by molar-refractivity contribution is 5.67. The summed E-state index contributed by atoms with van der Waals surface area (Å²) in [7, 11) is 1.43. The van der Waals surface area contributed by atoms with Gasteiger partial charge >= 0.3 is 6.09 Å². The van der Waals surface area contributed by atoms with Crippen LogP contribution in [0.4, 0.5) is 4.79 Å². The zero-order valence-corrected chi connectivity index (χ0v) is 14.0. The Kier molecular flexibility index (Phi) is 6.31. The van der Waals surface area contributed by atoms with E-state index in [1.54, 1.807) is 0 Å². The Bertz CT molecular complexity index is 312. The Hall–Kier alpha value is -0.770. The number of nitrogens with one attached hydrogen (secondary N) is 1. The first-order valence-electron chi connectivity index (χ1n) is 7.83. The van der Waals surface area contributed by atoms with Crippen LogP contribution in [0.25, 0.3) is 0 Å². The van der Waals surface area contributed by atoms with Crippen molar-refractivity contribution in [2.75, 3.05) is 20.2 Å². The van der Waals surface area contributed by atoms with Crippen LogP contribution in [0.5, 0.6) is 0 Å². The van der Waals surface area contributed by atoms with Gasteiger partial charge in [0.05, 0.1) is 7.11 Å². The Labute approximate surface area is 124 Å². The Morgan fingerprint density at radius 2 is 2.05 bits per heavy atom. The van der Waals surface area contributed by atoms with Crippen molar-refractivity contribution in [1.29, 1.82) is 0 Å². The summed E-state index contributed by atoms with van der Waals surface area (Å²) in [4.78, 5) is 14.0. The monoisotopic (exact) mass is 284 g/mol. The molecule has 20 heavy (non-hydrogen) atoms. The Morgan fingerprint density at radius 1 is 1.40 bits per heavy atom. The zero-order valence-electron chi connectivity index (χ0n) is 14.0. The molecule has 1 fully saturated rings. The van der Waals surface area contributed by atoms with E-state index in [4.69, 9.17) is 4.74 Å². The number of rotatable bonds is 4. The van der Waals surface area contributed by atoms with Crippen molar-refractivity contribution >= 4 is 6.09 Å². The van der Waals surface area contributed by atoms with Crippen molar-refractivity contribution in [3.05, 3.63) is 0 Å². The molecular formula is C16H32N2O2. The number of piperidine rings is 1. The molecule has 0 aromatic carbocycles. The topological polar surface area (TPSA) is 41.6 Å². The number of hydrogen-bond acceptors (Lipinski definition) is 3. The van der Waals surface area contributed by atoms with Crippen molar-refractivity contribution in [2.24, 2.45) is 11.3 Å². The highest BCUT2D eigenvalue weighted by atomic mass is 16.5. The summed E-state index contributed by atoms with van der Waals surface area (Å²) in [5, 5.41) is 2.99. The molecule has 1 aliphatic heterocycles. The molecule has 4 heteroatoms. The normalized spacial score (nSPS) is 26.1. The largest absolute Gasteiger partial charge is 0.453 e. The van der Waals surface area contributed by atoms with E-state index in [0.29, 0.717) is 17.4 Å². The molecule has 1 saturated heterocycles. The SMILES string of the molecule is CCC(C)N1CC(CC(C)(C)C)CC(NC(=O)OC)C1. The van der Waals surface area contributed by atoms with Gasteiger partial charge in [0.25, 0.3) is 0 Å². The van der Waals surface area contributed by atoms with Crippen molar-refractivity contribution in [3.8, 4) is 0 Å². The van der Waals surface area contributed by atoms with Gasteiger partial charge in [-0.25, -0.2) is 4.79 Å². The van der Waals surface area contributed by atoms with Crippen molar-refractivity contribution in [1.82, 2.24) is 10.2 Å². The highest BCUT2D eigenvalue weighted by Gasteiger charge is 2.32. The van der Waals surface area contributed by atoms with E-state index in [-0.39, 0.29) is 12.1 Å². The van der Waals surface area contributed by atoms with Gasteiger partial charge in [0, 0.05) is 25.2 Å². The van der Waals surface area contributed by atoms with Gasteiger partial charge in [0.15, 0.2) is 0 Å². The molecule has 0 radical (unpaired) electrons. The second-order valence-electron chi connectivity index (χ2n) is 7.41. The number of carbonyl (C=O) groups excluding carboxylic acids is 1. The van der Waals surface area contributed by atoms with Crippen LogP contribution in [-0.2, 0) is 4.74 Å². The first-order chi connectivity index (χ1) is 9.25. The second kappa shape index (κ2) is 7.30. The fraction of sp³-hybridized carbons (Fsp3) is 0.938. The molecule has 1 N–H and O–H groups in total. The maximum absolute atomic E-state index is 11.5. The molecule has 4 nitrogen and oxygen atoms in total. The fourth-order valence-corrected chi connectivity index (χ4v) is 3.20. The maximum Gasteiger partial charge on any atom is 0.407 e. The number of ether oxygens (including phenoxy) is 1. The van der Waals surface area contributed by atoms with Crippen LogP contribution in [0.15, 0.2) is 0 Å². The van der Waals surface area contributed by atoms with Crippen LogP contribution in [0.1, 0.15) is 53.9 Å². The Balaban J connectivity index is 2.69. The number of methoxy groups -OCH3 is 1. The van der Waals surface area contributed by atoms with E-state index in [1.807, 2.05) is 0 Å². The summed E-state index contributed by atoms with van der Waals surface area (Å²) in [6, 6.07) is 0.775. The maximum atomic E-state index is 11.5. The van der Waals surface area contributed by atoms with Crippen LogP contribution in [0.2, 0.25) is 0 Å². The molecule has 0 spiro atoms. The summed E-state index contributed by atoms with van der Waals surface area (Å²) < 4.78 is 4.74. The van der Waals surface area contributed by atoms with Crippen LogP contribution in [0, 0.1) is 11.3 Å². The predicted molar refractivity (Wildman–Crippen MR) is 82.8 cm³/mol. The first kappa shape index (κ1) is 17.3. The van der Waals surface area contributed by atoms with E-state index >= 15 is 0 Å². The average molecular weight is 284 g/mol. The summed E-state index contributed by atoms with van der Waals surface area (Å²) in [6.45, 7) is 13.4. The van der Waals surface area contributed by atoms with Crippen molar-refractivity contribution in [2.45, 2.75) is 66.0 Å². The van der Waals surface area contributed by atoms with Crippen LogP contribution in [0.3, 0.4) is 0 Å². The van der Waals surface area contributed by atoms with E-state index in [9.17, 15) is 4.79 Å². The van der Waals surface area contributed by atoms with Gasteiger partial charge < -0.3 is 10.1 Å². The summed E-state index contributed by atoms with van der Waals surface area (Å²) in [5.41, 5.74) is 0.332. The second-order valence-corrected chi connectivity index (χ2v) is 7.41. The summed E-state index contributed by atoms with van der Waals surface area (Å²) in [5.74, 6) is 0.639. The number of likely N-dealkylation sites (tertiary alicyclic amines) is 1. The number of amides is 1. The molecule has 0 aliphatic carbocycles. The average Bonchev–Trinajstić information content (AvgIpc) is 2.35. The third kappa shape index (κ3) is 5.70. The molecule has 1 rings (SSSR count). The van der Waals surface area contributed by atoms with E-state index < -0.39 is 0 Å². The minimum atomic E-state index is -0.310. The lowest BCUT2D eigenvalue weighted by Gasteiger charge is -2.42. The molecule has 1 heterocycles. The van der Waals surface area contributed by atoms with Gasteiger partial charge in [-0.2, -0.15) is 0 Å². The molecular weight excluding hydrogens is 252 g/mol. The van der Waals surface area contributed by atoms with E-state index in [1.165, 1.54) is 13.5 Å². The van der Waals surface area contributed by atoms with Crippen molar-refractivity contribution < 1.29 is 9.53 Å². The lowest BCUT2D eigenvalue weighted by Crippen LogP contribution is -2.53. The molecule has 0 aromatic rings. The minimum absolute atomic E-state index is 0.206. The molecule has 0 aromatic heterocycles. The van der Waals surface area contributed by atoms with Crippen molar-refractivity contribution in [3.63, 3.8) is 0 Å². The lowest BCUT2D eigenvalue weighted by molar-refractivity contribution is 0.0794. The lowest BCUT2D eigenvalue weighted by atomic mass is 9.79. The molecule has 1 aliphatic rings. The molecule has 1 amide bonds. The predicted octanol–water partition coefficient (Wildman–Crippen LogP) is 3.27. The number of alkyl carbamates (subject to hydrolysis) is 1. The first-order valence-corrected chi connectivity index (χ1v) is 7.83. The molecule has 0 saturated carbocycles. The zero-order chi connectivity index (χ0) is 15.3. The Morgan fingerprint density at radius 3 is 2.55 bits per heavy atom. The molecule has 118 valence electrons. The van der Waals surface area contributed by atoms with Gasteiger partial charge in [-0.15, -0.1) is 0 Å². The van der Waals surface area contributed by atoms with Gasteiger partial charge in [0.2, 0.25) is 0 Å². The number of carbonyl (C=O) groups is 1. The standard InChI is InChI=1S/C16H32N2O2/c1-7-12(2)18-10-13(9-16(3,4)5)8-14(11-18)17-15(19)20-6/h12-14H,7-11H2,1-6H3,(H,17,19). The van der Waals surface area contributed by atoms with Gasteiger partial charge in [0.1, 0.15) is 0 Å². The minimum Gasteiger partial charge on any atom is -0.453 e. The third-order valence-corrected chi connectivity index (χ3v) is 4.19. The summed E-state index contributed by atoms with van der Waals surface area (Å²) >= 11 is 0. The van der Waals surface area contributed by atoms with Gasteiger partial charge in [-0.3, -0.25) is 4.90 Å². The van der Waals surface area contributed by atoms with Crippen LogP contribution < -0.4 is 5.32 Å². The summed E-state index contributed by atoms with van der Waals surface area (Å²) in [6.07, 6.45) is 3.08. The molecule has 3 unspecified atom stereocenters. The third-order valence-electron chi connectivity index (χ3n) is 4.19. The van der Waals surface area contributed by atoms with Gasteiger partial charge in [-0.1, -0.05) is 27.7 Å². The quantitative estimate of drug-likeness (QED) is 0.861. The highest BCUT2D eigenvalue weighted by Crippen LogP contribution is 2.31. The smallest absolute Gasteiger partial charge is 0.407 e. The molecule has 0 bridgehead atoms.